The molecular weight excluding hydrogens is 373 g/mol. The van der Waals surface area contributed by atoms with E-state index < -0.39 is 35.4 Å². The standard InChI is InChI=1S/C18H20F5NO3/c1-16(2)15(26)14(24-8-4-3-5-13(24)25)11-9-10(6-7-12(11)27-16)17(19,20)18(21,22)23/h6-7,9,14-15,26H,3-5,8H2,1-2H3. The molecule has 1 aromatic rings. The van der Waals surface area contributed by atoms with Crippen molar-refractivity contribution in [3.05, 3.63) is 29.3 Å². The fourth-order valence-electron chi connectivity index (χ4n) is 3.58. The number of benzene rings is 1. The van der Waals surface area contributed by atoms with Gasteiger partial charge in [0.2, 0.25) is 5.91 Å². The molecule has 0 radical (unpaired) electrons. The van der Waals surface area contributed by atoms with Gasteiger partial charge >= 0.3 is 12.1 Å². The van der Waals surface area contributed by atoms with Crippen molar-refractivity contribution >= 4 is 5.91 Å². The molecule has 4 nitrogen and oxygen atoms in total. The maximum absolute atomic E-state index is 13.8. The van der Waals surface area contributed by atoms with Crippen LogP contribution in [0.1, 0.15) is 50.3 Å². The highest BCUT2D eigenvalue weighted by Gasteiger charge is 2.59. The van der Waals surface area contributed by atoms with Gasteiger partial charge in [-0.2, -0.15) is 22.0 Å². The Labute approximate surface area is 152 Å². The molecule has 9 heteroatoms. The van der Waals surface area contributed by atoms with E-state index in [1.807, 2.05) is 0 Å². The first kappa shape index (κ1) is 19.9. The summed E-state index contributed by atoms with van der Waals surface area (Å²) in [4.78, 5) is 13.7. The summed E-state index contributed by atoms with van der Waals surface area (Å²) in [7, 11) is 0. The Bertz CT molecular complexity index is 747. The van der Waals surface area contributed by atoms with Crippen molar-refractivity contribution in [2.75, 3.05) is 6.54 Å². The highest BCUT2D eigenvalue weighted by Crippen LogP contribution is 2.49. The van der Waals surface area contributed by atoms with Gasteiger partial charge < -0.3 is 14.7 Å². The van der Waals surface area contributed by atoms with E-state index in [9.17, 15) is 31.9 Å². The molecular formula is C18H20F5NO3. The molecule has 0 bridgehead atoms. The molecule has 0 aromatic heterocycles. The lowest BCUT2D eigenvalue weighted by atomic mass is 9.83. The van der Waals surface area contributed by atoms with Gasteiger partial charge in [-0.05, 0) is 44.9 Å². The van der Waals surface area contributed by atoms with E-state index in [0.29, 0.717) is 25.0 Å². The second-order valence-corrected chi connectivity index (χ2v) is 7.46. The maximum Gasteiger partial charge on any atom is 0.458 e. The van der Waals surface area contributed by atoms with E-state index >= 15 is 0 Å². The second kappa shape index (κ2) is 6.32. The Morgan fingerprint density at radius 3 is 2.44 bits per heavy atom. The van der Waals surface area contributed by atoms with Gasteiger partial charge in [0.1, 0.15) is 17.5 Å². The molecule has 2 heterocycles. The summed E-state index contributed by atoms with van der Waals surface area (Å²) in [6, 6.07) is 1.34. The van der Waals surface area contributed by atoms with Gasteiger partial charge in [-0.3, -0.25) is 4.79 Å². The number of likely N-dealkylation sites (tertiary alicyclic amines) is 1. The third-order valence-electron chi connectivity index (χ3n) is 5.13. The van der Waals surface area contributed by atoms with Gasteiger partial charge in [0, 0.05) is 24.1 Å². The molecule has 1 aromatic carbocycles. The Hall–Kier alpha value is -1.90. The molecule has 2 aliphatic rings. The fraction of sp³-hybridized carbons (Fsp3) is 0.611. The van der Waals surface area contributed by atoms with Crippen LogP contribution in [0.15, 0.2) is 18.2 Å². The average Bonchev–Trinajstić information content (AvgIpc) is 2.55. The number of piperidine rings is 1. The number of alkyl halides is 5. The van der Waals surface area contributed by atoms with Gasteiger partial charge in [0.05, 0.1) is 6.04 Å². The number of rotatable bonds is 2. The number of hydrogen-bond donors (Lipinski definition) is 1. The summed E-state index contributed by atoms with van der Waals surface area (Å²) in [6.45, 7) is 3.43. The molecule has 150 valence electrons. The maximum atomic E-state index is 13.8. The minimum Gasteiger partial charge on any atom is -0.485 e. The number of aliphatic hydroxyl groups excluding tert-OH is 1. The van der Waals surface area contributed by atoms with Crippen LogP contribution in [0.25, 0.3) is 0 Å². The zero-order chi connectivity index (χ0) is 20.2. The number of aliphatic hydroxyl groups is 1. The van der Waals surface area contributed by atoms with Gasteiger partial charge in [-0.1, -0.05) is 0 Å². The van der Waals surface area contributed by atoms with Crippen LogP contribution in [0.3, 0.4) is 0 Å². The van der Waals surface area contributed by atoms with Crippen molar-refractivity contribution < 1.29 is 36.6 Å². The minimum absolute atomic E-state index is 0.0431. The van der Waals surface area contributed by atoms with E-state index in [1.165, 1.54) is 4.90 Å². The van der Waals surface area contributed by atoms with E-state index in [2.05, 4.69) is 0 Å². The highest BCUT2D eigenvalue weighted by atomic mass is 19.4. The van der Waals surface area contributed by atoms with E-state index in [1.54, 1.807) is 13.8 Å². The predicted molar refractivity (Wildman–Crippen MR) is 85.4 cm³/mol. The van der Waals surface area contributed by atoms with Crippen molar-refractivity contribution in [2.45, 2.75) is 63.0 Å². The molecule has 27 heavy (non-hydrogen) atoms. The van der Waals surface area contributed by atoms with Crippen molar-refractivity contribution in [3.63, 3.8) is 0 Å². The Morgan fingerprint density at radius 1 is 1.19 bits per heavy atom. The summed E-state index contributed by atoms with van der Waals surface area (Å²) >= 11 is 0. The second-order valence-electron chi connectivity index (χ2n) is 7.46. The molecule has 2 aliphatic heterocycles. The molecule has 1 N–H and O–H groups in total. The van der Waals surface area contributed by atoms with Crippen LogP contribution in [0, 0.1) is 0 Å². The van der Waals surface area contributed by atoms with Gasteiger partial charge in [0.15, 0.2) is 0 Å². The Kier molecular flexibility index (Phi) is 4.65. The summed E-state index contributed by atoms with van der Waals surface area (Å²) < 4.78 is 71.6. The van der Waals surface area contributed by atoms with Crippen LogP contribution in [0.5, 0.6) is 5.75 Å². The van der Waals surface area contributed by atoms with Crippen LogP contribution in [0.4, 0.5) is 22.0 Å². The third-order valence-corrected chi connectivity index (χ3v) is 5.13. The van der Waals surface area contributed by atoms with E-state index in [-0.39, 0.29) is 30.2 Å². The van der Waals surface area contributed by atoms with Crippen molar-refractivity contribution in [2.24, 2.45) is 0 Å². The number of halogens is 5. The number of nitrogens with zero attached hydrogens (tertiary/aromatic N) is 1. The lowest BCUT2D eigenvalue weighted by Gasteiger charge is -2.47. The van der Waals surface area contributed by atoms with E-state index in [0.717, 1.165) is 6.07 Å². The molecule has 1 amide bonds. The summed E-state index contributed by atoms with van der Waals surface area (Å²) in [5.41, 5.74) is -2.44. The molecule has 2 unspecified atom stereocenters. The first-order valence-corrected chi connectivity index (χ1v) is 8.62. The van der Waals surface area contributed by atoms with Crippen molar-refractivity contribution in [1.82, 2.24) is 4.90 Å². The topological polar surface area (TPSA) is 49.8 Å². The number of amides is 1. The minimum atomic E-state index is -5.76. The van der Waals surface area contributed by atoms with Crippen molar-refractivity contribution in [1.29, 1.82) is 0 Å². The molecule has 0 aliphatic carbocycles. The lowest BCUT2D eigenvalue weighted by molar-refractivity contribution is -0.289. The first-order chi connectivity index (χ1) is 12.4. The first-order valence-electron chi connectivity index (χ1n) is 8.62. The molecule has 1 saturated heterocycles. The largest absolute Gasteiger partial charge is 0.485 e. The molecule has 2 atom stereocenters. The average molecular weight is 393 g/mol. The SMILES string of the molecule is CC1(C)Oc2ccc(C(F)(F)C(F)(F)F)cc2C(N2CCCCC2=O)C1O. The van der Waals surface area contributed by atoms with Gasteiger partial charge in [-0.25, -0.2) is 0 Å². The summed E-state index contributed by atoms with van der Waals surface area (Å²) in [5, 5.41) is 10.7. The number of carbonyl (C=O) groups excluding carboxylic acids is 1. The number of fused-ring (bicyclic) bond motifs is 1. The van der Waals surface area contributed by atoms with E-state index in [4.69, 9.17) is 4.74 Å². The monoisotopic (exact) mass is 393 g/mol. The number of hydrogen-bond acceptors (Lipinski definition) is 3. The lowest BCUT2D eigenvalue weighted by Crippen LogP contribution is -2.55. The van der Waals surface area contributed by atoms with Gasteiger partial charge in [-0.15, -0.1) is 0 Å². The van der Waals surface area contributed by atoms with Crippen LogP contribution in [-0.4, -0.2) is 40.3 Å². The van der Waals surface area contributed by atoms with Gasteiger partial charge in [0.25, 0.3) is 0 Å². The molecule has 0 saturated carbocycles. The molecule has 1 fully saturated rings. The smallest absolute Gasteiger partial charge is 0.458 e. The Balaban J connectivity index is 2.13. The number of carbonyl (C=O) groups is 1. The normalized spacial score (nSPS) is 25.8. The molecule has 3 rings (SSSR count). The van der Waals surface area contributed by atoms with Crippen LogP contribution >= 0.6 is 0 Å². The van der Waals surface area contributed by atoms with Crippen LogP contribution in [-0.2, 0) is 10.7 Å². The quantitative estimate of drug-likeness (QED) is 0.775. The predicted octanol–water partition coefficient (Wildman–Crippen LogP) is 3.93. The van der Waals surface area contributed by atoms with Crippen LogP contribution < -0.4 is 4.74 Å². The Morgan fingerprint density at radius 2 is 1.85 bits per heavy atom. The highest BCUT2D eigenvalue weighted by molar-refractivity contribution is 5.77. The molecule has 0 spiro atoms. The van der Waals surface area contributed by atoms with Crippen LogP contribution in [0.2, 0.25) is 0 Å². The summed E-state index contributed by atoms with van der Waals surface area (Å²) in [5.74, 6) is -5.26. The number of ether oxygens (including phenoxy) is 1. The third kappa shape index (κ3) is 3.26. The zero-order valence-corrected chi connectivity index (χ0v) is 14.8. The fourth-order valence-corrected chi connectivity index (χ4v) is 3.58. The zero-order valence-electron chi connectivity index (χ0n) is 14.8. The summed E-state index contributed by atoms with van der Waals surface area (Å²) in [6.07, 6.45) is -5.49. The van der Waals surface area contributed by atoms with Crippen molar-refractivity contribution in [3.8, 4) is 5.75 Å².